The van der Waals surface area contributed by atoms with Crippen molar-refractivity contribution in [2.75, 3.05) is 13.1 Å². The molecule has 0 bridgehead atoms. The fraction of sp³-hybridized carbons (Fsp3) is 1.00. The largest absolute Gasteiger partial charge is 0.389 e. The number of rotatable bonds is 7. The molecule has 0 aromatic carbocycles. The Morgan fingerprint density at radius 1 is 1.38 bits per heavy atom. The predicted octanol–water partition coefficient (Wildman–Crippen LogP) is 1.35. The van der Waals surface area contributed by atoms with Gasteiger partial charge in [0.15, 0.2) is 0 Å². The number of aliphatic hydroxyl groups is 1. The molecule has 2 rings (SSSR count). The zero-order valence-corrected chi connectivity index (χ0v) is 10.7. The lowest BCUT2D eigenvalue weighted by Gasteiger charge is -2.34. The first kappa shape index (κ1) is 12.3. The van der Waals surface area contributed by atoms with Gasteiger partial charge in [-0.1, -0.05) is 0 Å². The van der Waals surface area contributed by atoms with Gasteiger partial charge in [-0.05, 0) is 51.9 Å². The van der Waals surface area contributed by atoms with Gasteiger partial charge in [-0.2, -0.15) is 0 Å². The highest BCUT2D eigenvalue weighted by molar-refractivity contribution is 4.93. The van der Waals surface area contributed by atoms with Gasteiger partial charge in [0.2, 0.25) is 0 Å². The Bertz CT molecular complexity index is 234. The summed E-state index contributed by atoms with van der Waals surface area (Å²) in [6.07, 6.45) is 6.31. The Balaban J connectivity index is 1.85. The van der Waals surface area contributed by atoms with Crippen molar-refractivity contribution >= 4 is 0 Å². The predicted molar refractivity (Wildman–Crippen MR) is 66.2 cm³/mol. The quantitative estimate of drug-likeness (QED) is 0.689. The number of nitrogens with zero attached hydrogens (tertiary/aromatic N) is 1. The molecule has 0 saturated heterocycles. The molecule has 0 aromatic heterocycles. The molecule has 0 heterocycles. The molecule has 2 unspecified atom stereocenters. The molecule has 0 spiro atoms. The molecule has 2 saturated carbocycles. The Kier molecular flexibility index (Phi) is 3.57. The van der Waals surface area contributed by atoms with Gasteiger partial charge in [-0.15, -0.1) is 0 Å². The van der Waals surface area contributed by atoms with E-state index >= 15 is 0 Å². The van der Waals surface area contributed by atoms with E-state index in [2.05, 4.69) is 11.8 Å². The molecular weight excluding hydrogens is 200 g/mol. The molecule has 94 valence electrons. The van der Waals surface area contributed by atoms with Gasteiger partial charge in [-0.25, -0.2) is 0 Å². The third-order valence-electron chi connectivity index (χ3n) is 3.92. The first-order chi connectivity index (χ1) is 7.52. The van der Waals surface area contributed by atoms with Crippen molar-refractivity contribution in [3.63, 3.8) is 0 Å². The van der Waals surface area contributed by atoms with Crippen LogP contribution in [-0.2, 0) is 0 Å². The van der Waals surface area contributed by atoms with Crippen molar-refractivity contribution in [1.29, 1.82) is 0 Å². The van der Waals surface area contributed by atoms with Crippen LogP contribution >= 0.6 is 0 Å². The van der Waals surface area contributed by atoms with Crippen molar-refractivity contribution in [2.45, 2.75) is 63.6 Å². The summed E-state index contributed by atoms with van der Waals surface area (Å²) >= 11 is 0. The van der Waals surface area contributed by atoms with Crippen molar-refractivity contribution < 1.29 is 5.11 Å². The second kappa shape index (κ2) is 4.63. The minimum atomic E-state index is -0.698. The summed E-state index contributed by atoms with van der Waals surface area (Å²) in [5.74, 6) is 0.936. The molecular formula is C13H26N2O. The highest BCUT2D eigenvalue weighted by Gasteiger charge is 2.37. The number of nitrogens with two attached hydrogens (primary N) is 1. The fourth-order valence-corrected chi connectivity index (χ4v) is 2.53. The van der Waals surface area contributed by atoms with E-state index in [1.54, 1.807) is 0 Å². The minimum Gasteiger partial charge on any atom is -0.389 e. The Hall–Kier alpha value is -0.120. The summed E-state index contributed by atoms with van der Waals surface area (Å²) in [7, 11) is 0. The van der Waals surface area contributed by atoms with Crippen molar-refractivity contribution in [3.8, 4) is 0 Å². The zero-order chi connectivity index (χ0) is 11.8. The summed E-state index contributed by atoms with van der Waals surface area (Å²) in [5, 5.41) is 10.0. The smallest absolute Gasteiger partial charge is 0.0756 e. The van der Waals surface area contributed by atoms with E-state index in [1.807, 2.05) is 6.92 Å². The van der Waals surface area contributed by atoms with Gasteiger partial charge in [0.25, 0.3) is 0 Å². The Labute approximate surface area is 99.0 Å². The lowest BCUT2D eigenvalue weighted by Crippen LogP contribution is -2.45. The Morgan fingerprint density at radius 2 is 2.00 bits per heavy atom. The average Bonchev–Trinajstić information content (AvgIpc) is 3.06. The molecule has 0 aromatic rings. The summed E-state index contributed by atoms with van der Waals surface area (Å²) in [4.78, 5) is 2.61. The summed E-state index contributed by atoms with van der Waals surface area (Å²) in [6.45, 7) is 5.70. The first-order valence-electron chi connectivity index (χ1n) is 6.70. The molecule has 2 aliphatic carbocycles. The van der Waals surface area contributed by atoms with Gasteiger partial charge < -0.3 is 10.8 Å². The van der Waals surface area contributed by atoms with Crippen LogP contribution in [0.3, 0.4) is 0 Å². The van der Waals surface area contributed by atoms with Crippen LogP contribution < -0.4 is 5.73 Å². The van der Waals surface area contributed by atoms with E-state index in [0.717, 1.165) is 18.4 Å². The van der Waals surface area contributed by atoms with Crippen LogP contribution in [0, 0.1) is 5.92 Å². The van der Waals surface area contributed by atoms with Crippen LogP contribution in [0.1, 0.15) is 46.0 Å². The summed E-state index contributed by atoms with van der Waals surface area (Å²) in [6, 6.07) is 1.26. The molecule has 0 radical (unpaired) electrons. The third-order valence-corrected chi connectivity index (χ3v) is 3.92. The van der Waals surface area contributed by atoms with Crippen LogP contribution in [-0.4, -0.2) is 40.8 Å². The number of hydrogen-bond acceptors (Lipinski definition) is 3. The van der Waals surface area contributed by atoms with E-state index in [9.17, 15) is 5.11 Å². The SMILES string of the molecule is CC(CC(C)(O)CN)N(CC1CC1)C1CC1. The molecule has 0 amide bonds. The molecule has 3 heteroatoms. The van der Waals surface area contributed by atoms with E-state index in [0.29, 0.717) is 12.6 Å². The van der Waals surface area contributed by atoms with Crippen LogP contribution in [0.5, 0.6) is 0 Å². The topological polar surface area (TPSA) is 49.5 Å². The maximum absolute atomic E-state index is 10.0. The van der Waals surface area contributed by atoms with Crippen LogP contribution in [0.2, 0.25) is 0 Å². The second-order valence-corrected chi connectivity index (χ2v) is 6.13. The third kappa shape index (κ3) is 3.44. The average molecular weight is 226 g/mol. The van der Waals surface area contributed by atoms with Crippen LogP contribution in [0.25, 0.3) is 0 Å². The highest BCUT2D eigenvalue weighted by Crippen LogP contribution is 2.37. The molecule has 3 N–H and O–H groups in total. The van der Waals surface area contributed by atoms with Crippen molar-refractivity contribution in [1.82, 2.24) is 4.90 Å². The minimum absolute atomic E-state index is 0.360. The van der Waals surface area contributed by atoms with Crippen molar-refractivity contribution in [2.24, 2.45) is 11.7 Å². The van der Waals surface area contributed by atoms with Gasteiger partial charge in [-0.3, -0.25) is 4.90 Å². The van der Waals surface area contributed by atoms with Gasteiger partial charge in [0.1, 0.15) is 0 Å². The second-order valence-electron chi connectivity index (χ2n) is 6.13. The monoisotopic (exact) mass is 226 g/mol. The van der Waals surface area contributed by atoms with E-state index in [1.165, 1.54) is 32.2 Å². The van der Waals surface area contributed by atoms with Crippen LogP contribution in [0.15, 0.2) is 0 Å². The number of hydrogen-bond donors (Lipinski definition) is 2. The fourth-order valence-electron chi connectivity index (χ4n) is 2.53. The van der Waals surface area contributed by atoms with Gasteiger partial charge in [0.05, 0.1) is 5.60 Å². The normalized spacial score (nSPS) is 26.8. The first-order valence-corrected chi connectivity index (χ1v) is 6.70. The van der Waals surface area contributed by atoms with Gasteiger partial charge in [0, 0.05) is 25.2 Å². The maximum Gasteiger partial charge on any atom is 0.0756 e. The van der Waals surface area contributed by atoms with Crippen LogP contribution in [0.4, 0.5) is 0 Å². The van der Waals surface area contributed by atoms with Gasteiger partial charge >= 0.3 is 0 Å². The van der Waals surface area contributed by atoms with Crippen molar-refractivity contribution in [3.05, 3.63) is 0 Å². The molecule has 0 aliphatic heterocycles. The molecule has 2 fully saturated rings. The molecule has 2 aliphatic rings. The summed E-state index contributed by atoms with van der Waals surface area (Å²) < 4.78 is 0. The zero-order valence-electron chi connectivity index (χ0n) is 10.7. The molecule has 3 nitrogen and oxygen atoms in total. The van der Waals surface area contributed by atoms with E-state index < -0.39 is 5.60 Å². The lowest BCUT2D eigenvalue weighted by molar-refractivity contribution is 0.0258. The molecule has 2 atom stereocenters. The lowest BCUT2D eigenvalue weighted by atomic mass is 9.96. The van der Waals surface area contributed by atoms with E-state index in [-0.39, 0.29) is 0 Å². The Morgan fingerprint density at radius 3 is 2.44 bits per heavy atom. The summed E-state index contributed by atoms with van der Waals surface area (Å²) in [5.41, 5.74) is 4.89. The highest BCUT2D eigenvalue weighted by atomic mass is 16.3. The molecule has 16 heavy (non-hydrogen) atoms. The standard InChI is InChI=1S/C13H26N2O/c1-10(7-13(2,16)9-14)15(12-5-6-12)8-11-3-4-11/h10-12,16H,3-9,14H2,1-2H3. The maximum atomic E-state index is 10.0. The van der Waals surface area contributed by atoms with E-state index in [4.69, 9.17) is 5.73 Å².